The highest BCUT2D eigenvalue weighted by molar-refractivity contribution is 7.80. The first-order valence-corrected chi connectivity index (χ1v) is 7.08. The SMILES string of the molecule is C[C@H]1CCCC[C@@H]1NC(=S)NNC(=O)c1ccc[nH]1. The second-order valence-electron chi connectivity index (χ2n) is 5.00. The quantitative estimate of drug-likeness (QED) is 0.492. The van der Waals surface area contributed by atoms with Gasteiger partial charge in [-0.05, 0) is 43.1 Å². The third kappa shape index (κ3) is 3.96. The van der Waals surface area contributed by atoms with Gasteiger partial charge in [-0.15, -0.1) is 0 Å². The zero-order valence-electron chi connectivity index (χ0n) is 11.0. The van der Waals surface area contributed by atoms with Gasteiger partial charge < -0.3 is 10.3 Å². The van der Waals surface area contributed by atoms with E-state index in [2.05, 4.69) is 28.1 Å². The van der Waals surface area contributed by atoms with Crippen LogP contribution in [0, 0.1) is 5.92 Å². The van der Waals surface area contributed by atoms with Crippen molar-refractivity contribution in [2.45, 2.75) is 38.6 Å². The molecule has 1 heterocycles. The molecule has 1 aromatic heterocycles. The van der Waals surface area contributed by atoms with Crippen LogP contribution in [0.15, 0.2) is 18.3 Å². The summed E-state index contributed by atoms with van der Waals surface area (Å²) in [5, 5.41) is 3.74. The van der Waals surface area contributed by atoms with Gasteiger partial charge in [0, 0.05) is 12.2 Å². The van der Waals surface area contributed by atoms with Crippen molar-refractivity contribution < 1.29 is 4.79 Å². The van der Waals surface area contributed by atoms with Crippen LogP contribution in [-0.4, -0.2) is 22.0 Å². The van der Waals surface area contributed by atoms with Crippen LogP contribution >= 0.6 is 12.2 Å². The van der Waals surface area contributed by atoms with Crippen LogP contribution in [0.4, 0.5) is 0 Å². The highest BCUT2D eigenvalue weighted by atomic mass is 32.1. The Morgan fingerprint density at radius 3 is 2.84 bits per heavy atom. The van der Waals surface area contributed by atoms with Crippen LogP contribution in [0.25, 0.3) is 0 Å². The molecule has 104 valence electrons. The summed E-state index contributed by atoms with van der Waals surface area (Å²) >= 11 is 5.19. The molecule has 5 nitrogen and oxygen atoms in total. The molecule has 0 aromatic carbocycles. The number of H-pyrrole nitrogens is 1. The minimum atomic E-state index is -0.231. The fourth-order valence-electron chi connectivity index (χ4n) is 2.39. The molecule has 1 saturated carbocycles. The second kappa shape index (κ2) is 6.56. The summed E-state index contributed by atoms with van der Waals surface area (Å²) in [6.45, 7) is 2.23. The van der Waals surface area contributed by atoms with Gasteiger partial charge in [0.15, 0.2) is 5.11 Å². The van der Waals surface area contributed by atoms with Crippen molar-refractivity contribution in [3.63, 3.8) is 0 Å². The number of thiocarbonyl (C=S) groups is 1. The van der Waals surface area contributed by atoms with Gasteiger partial charge in [-0.3, -0.25) is 15.6 Å². The van der Waals surface area contributed by atoms with Crippen molar-refractivity contribution in [1.82, 2.24) is 21.2 Å². The van der Waals surface area contributed by atoms with Gasteiger partial charge >= 0.3 is 0 Å². The molecular formula is C13H20N4OS. The lowest BCUT2D eigenvalue weighted by Crippen LogP contribution is -2.51. The Balaban J connectivity index is 1.74. The molecular weight excluding hydrogens is 260 g/mol. The molecule has 1 amide bonds. The van der Waals surface area contributed by atoms with E-state index in [1.54, 1.807) is 18.3 Å². The van der Waals surface area contributed by atoms with Gasteiger partial charge in [-0.2, -0.15) is 0 Å². The molecule has 19 heavy (non-hydrogen) atoms. The molecule has 2 atom stereocenters. The number of hydrogen-bond acceptors (Lipinski definition) is 2. The molecule has 0 spiro atoms. The van der Waals surface area contributed by atoms with E-state index < -0.39 is 0 Å². The average molecular weight is 280 g/mol. The van der Waals surface area contributed by atoms with E-state index in [-0.39, 0.29) is 5.91 Å². The van der Waals surface area contributed by atoms with Crippen LogP contribution in [0.1, 0.15) is 43.1 Å². The summed E-state index contributed by atoms with van der Waals surface area (Å²) in [6, 6.07) is 3.88. The van der Waals surface area contributed by atoms with Crippen LogP contribution < -0.4 is 16.2 Å². The van der Waals surface area contributed by atoms with E-state index in [4.69, 9.17) is 12.2 Å². The molecule has 0 bridgehead atoms. The number of carbonyl (C=O) groups excluding carboxylic acids is 1. The second-order valence-corrected chi connectivity index (χ2v) is 5.41. The fraction of sp³-hybridized carbons (Fsp3) is 0.538. The normalized spacial score (nSPS) is 22.6. The summed E-state index contributed by atoms with van der Waals surface area (Å²) in [7, 11) is 0. The lowest BCUT2D eigenvalue weighted by atomic mass is 9.86. The van der Waals surface area contributed by atoms with Crippen molar-refractivity contribution in [1.29, 1.82) is 0 Å². The highest BCUT2D eigenvalue weighted by Gasteiger charge is 2.21. The van der Waals surface area contributed by atoms with Crippen LogP contribution in [0.3, 0.4) is 0 Å². The van der Waals surface area contributed by atoms with Gasteiger partial charge in [0.05, 0.1) is 0 Å². The summed E-state index contributed by atoms with van der Waals surface area (Å²) < 4.78 is 0. The molecule has 6 heteroatoms. The molecule has 1 fully saturated rings. The number of aromatic nitrogens is 1. The third-order valence-electron chi connectivity index (χ3n) is 3.56. The van der Waals surface area contributed by atoms with Crippen molar-refractivity contribution >= 4 is 23.2 Å². The Labute approximate surface area is 118 Å². The molecule has 0 unspecified atom stereocenters. The summed E-state index contributed by atoms with van der Waals surface area (Å²) in [6.07, 6.45) is 6.60. The molecule has 1 aliphatic carbocycles. The van der Waals surface area contributed by atoms with E-state index >= 15 is 0 Å². The minimum Gasteiger partial charge on any atom is -0.358 e. The van der Waals surface area contributed by atoms with Crippen LogP contribution in [0.2, 0.25) is 0 Å². The lowest BCUT2D eigenvalue weighted by molar-refractivity contribution is 0.0939. The highest BCUT2D eigenvalue weighted by Crippen LogP contribution is 2.23. The number of hydrogen-bond donors (Lipinski definition) is 4. The first-order chi connectivity index (χ1) is 9.16. The number of rotatable bonds is 2. The largest absolute Gasteiger partial charge is 0.358 e. The molecule has 0 saturated heterocycles. The molecule has 1 aliphatic rings. The lowest BCUT2D eigenvalue weighted by Gasteiger charge is -2.30. The molecule has 0 radical (unpaired) electrons. The topological polar surface area (TPSA) is 68.9 Å². The van der Waals surface area contributed by atoms with Crippen molar-refractivity contribution in [2.24, 2.45) is 5.92 Å². The predicted octanol–water partition coefficient (Wildman–Crippen LogP) is 1.70. The maximum atomic E-state index is 11.7. The van der Waals surface area contributed by atoms with Crippen LogP contribution in [-0.2, 0) is 0 Å². The van der Waals surface area contributed by atoms with E-state index in [1.807, 2.05) is 0 Å². The van der Waals surface area contributed by atoms with E-state index in [1.165, 1.54) is 19.3 Å². The number of carbonyl (C=O) groups is 1. The maximum Gasteiger partial charge on any atom is 0.286 e. The summed E-state index contributed by atoms with van der Waals surface area (Å²) in [4.78, 5) is 14.5. The summed E-state index contributed by atoms with van der Waals surface area (Å²) in [5.41, 5.74) is 5.81. The van der Waals surface area contributed by atoms with E-state index in [0.29, 0.717) is 22.8 Å². The van der Waals surface area contributed by atoms with Crippen molar-refractivity contribution in [2.75, 3.05) is 0 Å². The predicted molar refractivity (Wildman–Crippen MR) is 78.5 cm³/mol. The van der Waals surface area contributed by atoms with Crippen molar-refractivity contribution in [3.8, 4) is 0 Å². The Morgan fingerprint density at radius 2 is 2.16 bits per heavy atom. The van der Waals surface area contributed by atoms with E-state index in [9.17, 15) is 4.79 Å². The third-order valence-corrected chi connectivity index (χ3v) is 3.78. The molecule has 1 aromatic rings. The Hall–Kier alpha value is -1.56. The minimum absolute atomic E-state index is 0.231. The zero-order chi connectivity index (χ0) is 13.7. The van der Waals surface area contributed by atoms with Crippen LogP contribution in [0.5, 0.6) is 0 Å². The van der Waals surface area contributed by atoms with Gasteiger partial charge in [0.25, 0.3) is 5.91 Å². The number of hydrazine groups is 1. The Kier molecular flexibility index (Phi) is 4.79. The number of nitrogens with one attached hydrogen (secondary N) is 4. The smallest absolute Gasteiger partial charge is 0.286 e. The zero-order valence-corrected chi connectivity index (χ0v) is 11.8. The van der Waals surface area contributed by atoms with E-state index in [0.717, 1.165) is 6.42 Å². The number of amides is 1. The fourth-order valence-corrected chi connectivity index (χ4v) is 2.59. The first kappa shape index (κ1) is 13.9. The average Bonchev–Trinajstić information content (AvgIpc) is 2.93. The Bertz CT molecular complexity index is 432. The standard InChI is InChI=1S/C13H20N4OS/c1-9-5-2-3-6-10(9)15-13(19)17-16-12(18)11-7-4-8-14-11/h4,7-10,14H,2-3,5-6H2,1H3,(H,16,18)(H2,15,17,19)/t9-,10-/m0/s1. The number of aromatic amines is 1. The molecule has 2 rings (SSSR count). The molecule has 4 N–H and O–H groups in total. The van der Waals surface area contributed by atoms with Crippen molar-refractivity contribution in [3.05, 3.63) is 24.0 Å². The van der Waals surface area contributed by atoms with Gasteiger partial charge in [0.1, 0.15) is 5.69 Å². The first-order valence-electron chi connectivity index (χ1n) is 6.67. The monoisotopic (exact) mass is 280 g/mol. The van der Waals surface area contributed by atoms with Gasteiger partial charge in [0.2, 0.25) is 0 Å². The Morgan fingerprint density at radius 1 is 1.37 bits per heavy atom. The summed E-state index contributed by atoms with van der Waals surface area (Å²) in [5.74, 6) is 0.387. The maximum absolute atomic E-state index is 11.7. The van der Waals surface area contributed by atoms with Gasteiger partial charge in [-0.25, -0.2) is 0 Å². The van der Waals surface area contributed by atoms with Gasteiger partial charge in [-0.1, -0.05) is 19.8 Å². The molecule has 0 aliphatic heterocycles.